The fourth-order valence-electron chi connectivity index (χ4n) is 1.39. The van der Waals surface area contributed by atoms with E-state index in [0.29, 0.717) is 0 Å². The van der Waals surface area contributed by atoms with E-state index in [0.717, 1.165) is 0 Å². The molecule has 7 heteroatoms. The Bertz CT molecular complexity index is 503. The van der Waals surface area contributed by atoms with E-state index in [1.807, 2.05) is 0 Å². The number of rotatable bonds is 5. The van der Waals surface area contributed by atoms with Gasteiger partial charge in [-0.25, -0.2) is 9.59 Å². The highest BCUT2D eigenvalue weighted by Crippen LogP contribution is 2.13. The molecule has 0 fully saturated rings. The molecule has 0 rings (SSSR count). The van der Waals surface area contributed by atoms with Gasteiger partial charge in [0.25, 0.3) is 0 Å². The minimum atomic E-state index is -2.57. The minimum Gasteiger partial charge on any atom is -0.458 e. The summed E-state index contributed by atoms with van der Waals surface area (Å²) in [6.07, 6.45) is -5.82. The van der Waals surface area contributed by atoms with Gasteiger partial charge in [-0.1, -0.05) is 0 Å². The van der Waals surface area contributed by atoms with Crippen LogP contribution in [0.4, 0.5) is 4.79 Å². The van der Waals surface area contributed by atoms with Crippen molar-refractivity contribution in [2.45, 2.75) is 77.7 Å². The number of carbonyl (C=O) groups is 2. The lowest BCUT2D eigenvalue weighted by Gasteiger charge is -2.27. The van der Waals surface area contributed by atoms with Gasteiger partial charge >= 0.3 is 12.1 Å². The average Bonchev–Trinajstić information content (AvgIpc) is 2.33. The largest absolute Gasteiger partial charge is 0.458 e. The van der Waals surface area contributed by atoms with Crippen molar-refractivity contribution in [2.24, 2.45) is 0 Å². The number of nitrogens with one attached hydrogen (secondary N) is 1. The molecular formula is C15H26N2O5. The standard InChI is InChI=1S/C15H26N2O5/c1-14(2,3)21-12(19)11(9-10(18)7-8-16)17-13(20)22-15(4,5)6/h10-11,18H,7,9H2,1-6H3,(H,17,20)/i7D2. The minimum absolute atomic E-state index is 0.533. The summed E-state index contributed by atoms with van der Waals surface area (Å²) in [5.74, 6) is -0.860. The number of aliphatic hydroxyl groups is 1. The number of carbonyl (C=O) groups excluding carboxylic acids is 2. The van der Waals surface area contributed by atoms with Crippen LogP contribution in [0.25, 0.3) is 0 Å². The summed E-state index contributed by atoms with van der Waals surface area (Å²) in [6.45, 7) is 9.79. The van der Waals surface area contributed by atoms with Gasteiger partial charge < -0.3 is 19.9 Å². The summed E-state index contributed by atoms with van der Waals surface area (Å²) in [5.41, 5.74) is -1.65. The van der Waals surface area contributed by atoms with Gasteiger partial charge in [0.1, 0.15) is 17.2 Å². The number of nitriles is 1. The first kappa shape index (κ1) is 16.6. The molecule has 0 saturated heterocycles. The molecule has 0 saturated carbocycles. The summed E-state index contributed by atoms with van der Waals surface area (Å²) in [5, 5.41) is 20.8. The van der Waals surface area contributed by atoms with Gasteiger partial charge in [-0.15, -0.1) is 0 Å². The lowest BCUT2D eigenvalue weighted by molar-refractivity contribution is -0.158. The number of hydrogen-bond acceptors (Lipinski definition) is 6. The van der Waals surface area contributed by atoms with E-state index in [9.17, 15) is 14.7 Å². The Morgan fingerprint density at radius 2 is 1.73 bits per heavy atom. The zero-order valence-electron chi connectivity index (χ0n) is 15.9. The average molecular weight is 316 g/mol. The molecule has 1 amide bonds. The lowest BCUT2D eigenvalue weighted by Crippen LogP contribution is -2.47. The van der Waals surface area contributed by atoms with Gasteiger partial charge in [-0.2, -0.15) is 5.26 Å². The maximum atomic E-state index is 12.2. The molecule has 2 unspecified atom stereocenters. The summed E-state index contributed by atoms with van der Waals surface area (Å²) in [4.78, 5) is 24.1. The highest BCUT2D eigenvalue weighted by atomic mass is 16.6. The molecule has 0 bridgehead atoms. The second-order valence-electron chi connectivity index (χ2n) is 6.74. The first-order valence-corrected chi connectivity index (χ1v) is 6.89. The monoisotopic (exact) mass is 316 g/mol. The molecule has 0 aliphatic carbocycles. The maximum absolute atomic E-state index is 12.2. The van der Waals surface area contributed by atoms with Crippen LogP contribution in [0.15, 0.2) is 0 Å². The number of nitrogens with zero attached hydrogens (tertiary/aromatic N) is 1. The highest BCUT2D eigenvalue weighted by molar-refractivity contribution is 5.81. The normalized spacial score (nSPS) is 16.5. The summed E-state index contributed by atoms with van der Waals surface area (Å²) >= 11 is 0. The zero-order valence-corrected chi connectivity index (χ0v) is 13.9. The van der Waals surface area contributed by atoms with Crippen molar-refractivity contribution in [3.05, 3.63) is 0 Å². The smallest absolute Gasteiger partial charge is 0.408 e. The van der Waals surface area contributed by atoms with Crippen molar-refractivity contribution < 1.29 is 26.9 Å². The fraction of sp³-hybridized carbons (Fsp3) is 0.800. The summed E-state index contributed by atoms with van der Waals surface area (Å²) in [6, 6.07) is -0.0510. The Hall–Kier alpha value is -1.81. The van der Waals surface area contributed by atoms with Crippen LogP contribution in [-0.2, 0) is 14.3 Å². The van der Waals surface area contributed by atoms with Crippen molar-refractivity contribution in [3.63, 3.8) is 0 Å². The predicted molar refractivity (Wildman–Crippen MR) is 79.9 cm³/mol. The maximum Gasteiger partial charge on any atom is 0.408 e. The number of alkyl carbamates (subject to hydrolysis) is 1. The Morgan fingerprint density at radius 1 is 1.23 bits per heavy atom. The van der Waals surface area contributed by atoms with Crippen molar-refractivity contribution in [2.75, 3.05) is 0 Å². The molecule has 0 aliphatic heterocycles. The molecule has 2 atom stereocenters. The number of aliphatic hydroxyl groups excluding tert-OH is 1. The van der Waals surface area contributed by atoms with E-state index in [2.05, 4.69) is 5.32 Å². The van der Waals surface area contributed by atoms with Crippen molar-refractivity contribution in [1.82, 2.24) is 5.32 Å². The molecule has 0 heterocycles. The van der Waals surface area contributed by atoms with E-state index in [1.54, 1.807) is 41.5 Å². The Kier molecular flexibility index (Phi) is 6.01. The molecule has 0 aromatic rings. The van der Waals surface area contributed by atoms with Crippen LogP contribution >= 0.6 is 0 Å². The summed E-state index contributed by atoms with van der Waals surface area (Å²) < 4.78 is 25.0. The van der Waals surface area contributed by atoms with Gasteiger partial charge in [0.05, 0.1) is 18.5 Å². The van der Waals surface area contributed by atoms with E-state index >= 15 is 0 Å². The molecule has 0 aliphatic rings. The van der Waals surface area contributed by atoms with Crippen molar-refractivity contribution in [1.29, 1.82) is 5.26 Å². The SMILES string of the molecule is [2H]C([2H])(C#N)C(O)CC(NC(=O)OC(C)(C)C)C(=O)OC(C)(C)C. The quantitative estimate of drug-likeness (QED) is 0.750. The predicted octanol–water partition coefficient (Wildman–Crippen LogP) is 1.89. The Labute approximate surface area is 134 Å². The molecule has 22 heavy (non-hydrogen) atoms. The van der Waals surface area contributed by atoms with Crippen molar-refractivity contribution in [3.8, 4) is 6.07 Å². The number of amides is 1. The van der Waals surface area contributed by atoms with Crippen LogP contribution in [-0.4, -0.2) is 40.5 Å². The zero-order chi connectivity index (χ0) is 19.3. The van der Waals surface area contributed by atoms with E-state index < -0.39 is 48.2 Å². The molecule has 0 aromatic carbocycles. The van der Waals surface area contributed by atoms with Crippen LogP contribution in [0.2, 0.25) is 0 Å². The second-order valence-corrected chi connectivity index (χ2v) is 6.74. The van der Waals surface area contributed by atoms with Gasteiger partial charge in [-0.3, -0.25) is 0 Å². The first-order valence-electron chi connectivity index (χ1n) is 7.89. The lowest BCUT2D eigenvalue weighted by atomic mass is 10.1. The van der Waals surface area contributed by atoms with Gasteiger partial charge in [-0.05, 0) is 41.5 Å². The number of esters is 1. The third-order valence-electron chi connectivity index (χ3n) is 2.07. The van der Waals surface area contributed by atoms with Crippen LogP contribution in [0.3, 0.4) is 0 Å². The molecule has 126 valence electrons. The summed E-state index contributed by atoms with van der Waals surface area (Å²) in [7, 11) is 0. The molecule has 7 nitrogen and oxygen atoms in total. The van der Waals surface area contributed by atoms with E-state index in [1.165, 1.54) is 6.07 Å². The molecule has 0 spiro atoms. The van der Waals surface area contributed by atoms with E-state index in [4.69, 9.17) is 17.5 Å². The van der Waals surface area contributed by atoms with Gasteiger partial charge in [0.15, 0.2) is 0 Å². The third-order valence-corrected chi connectivity index (χ3v) is 2.07. The molecule has 0 aromatic heterocycles. The van der Waals surface area contributed by atoms with E-state index in [-0.39, 0.29) is 0 Å². The van der Waals surface area contributed by atoms with Crippen LogP contribution in [0.1, 0.15) is 57.1 Å². The molecular weight excluding hydrogens is 288 g/mol. The van der Waals surface area contributed by atoms with Gasteiger partial charge in [0, 0.05) is 9.16 Å². The molecule has 2 N–H and O–H groups in total. The van der Waals surface area contributed by atoms with Crippen LogP contribution in [0, 0.1) is 11.3 Å². The first-order chi connectivity index (χ1) is 10.6. The van der Waals surface area contributed by atoms with Crippen LogP contribution < -0.4 is 5.32 Å². The van der Waals surface area contributed by atoms with Crippen molar-refractivity contribution >= 4 is 12.1 Å². The second kappa shape index (κ2) is 7.99. The number of hydrogen-bond donors (Lipinski definition) is 2. The fourth-order valence-corrected chi connectivity index (χ4v) is 1.39. The topological polar surface area (TPSA) is 109 Å². The number of ether oxygens (including phenoxy) is 2. The Balaban J connectivity index is 5.20. The third kappa shape index (κ3) is 10.00. The van der Waals surface area contributed by atoms with Crippen LogP contribution in [0.5, 0.6) is 0 Å². The highest BCUT2D eigenvalue weighted by Gasteiger charge is 2.30. The molecule has 0 radical (unpaired) electrons. The van der Waals surface area contributed by atoms with Gasteiger partial charge in [0.2, 0.25) is 0 Å². The Morgan fingerprint density at radius 3 is 2.14 bits per heavy atom.